The molecule has 0 aliphatic heterocycles. The number of nitrogens with zero attached hydrogens (tertiary/aromatic N) is 1. The Bertz CT molecular complexity index is 339. The van der Waals surface area contributed by atoms with Crippen molar-refractivity contribution < 1.29 is 0 Å². The van der Waals surface area contributed by atoms with E-state index in [9.17, 15) is 0 Å². The molecular formula is C13H19N. The molecule has 0 N–H and O–H groups in total. The molecule has 0 saturated carbocycles. The monoisotopic (exact) mass is 189 g/mol. The summed E-state index contributed by atoms with van der Waals surface area (Å²) in [5.41, 5.74) is 5.84. The minimum atomic E-state index is 0.606. The van der Waals surface area contributed by atoms with Gasteiger partial charge >= 0.3 is 0 Å². The molecule has 1 nitrogen and oxygen atoms in total. The van der Waals surface area contributed by atoms with E-state index in [1.165, 1.54) is 42.5 Å². The summed E-state index contributed by atoms with van der Waals surface area (Å²) in [4.78, 5) is 4.60. The van der Waals surface area contributed by atoms with Crippen LogP contribution < -0.4 is 0 Å². The molecule has 0 radical (unpaired) electrons. The Kier molecular flexibility index (Phi) is 2.58. The molecule has 0 spiro atoms. The first-order valence-corrected chi connectivity index (χ1v) is 5.67. The summed E-state index contributed by atoms with van der Waals surface area (Å²) in [6, 6.07) is 0. The third-order valence-corrected chi connectivity index (χ3v) is 3.31. The maximum Gasteiger partial charge on any atom is 0.0438 e. The van der Waals surface area contributed by atoms with E-state index in [0.717, 1.165) is 0 Å². The van der Waals surface area contributed by atoms with E-state index in [1.807, 2.05) is 0 Å². The van der Waals surface area contributed by atoms with Gasteiger partial charge in [-0.15, -0.1) is 0 Å². The maximum atomic E-state index is 4.60. The molecule has 76 valence electrons. The highest BCUT2D eigenvalue weighted by atomic mass is 14.7. The minimum absolute atomic E-state index is 0.606. The topological polar surface area (TPSA) is 12.9 Å². The zero-order valence-electron chi connectivity index (χ0n) is 9.43. The molecule has 0 aromatic carbocycles. The van der Waals surface area contributed by atoms with Crippen molar-refractivity contribution in [3.8, 4) is 0 Å². The lowest BCUT2D eigenvalue weighted by Gasteiger charge is -2.20. The smallest absolute Gasteiger partial charge is 0.0438 e. The van der Waals surface area contributed by atoms with Crippen LogP contribution in [-0.4, -0.2) is 4.98 Å². The largest absolute Gasteiger partial charge is 0.261 e. The zero-order chi connectivity index (χ0) is 10.1. The van der Waals surface area contributed by atoms with Crippen LogP contribution in [0.5, 0.6) is 0 Å². The average Bonchev–Trinajstić information content (AvgIpc) is 2.18. The van der Waals surface area contributed by atoms with E-state index < -0.39 is 0 Å². The van der Waals surface area contributed by atoms with Crippen LogP contribution in [0.3, 0.4) is 0 Å². The molecule has 1 aliphatic carbocycles. The SMILES string of the molecule is Cc1c(C(C)C)cnc2c1CCCC2. The van der Waals surface area contributed by atoms with Crippen molar-refractivity contribution in [2.45, 2.75) is 52.4 Å². The first-order chi connectivity index (χ1) is 6.70. The van der Waals surface area contributed by atoms with E-state index >= 15 is 0 Å². The Morgan fingerprint density at radius 1 is 1.21 bits per heavy atom. The summed E-state index contributed by atoms with van der Waals surface area (Å²) in [5.74, 6) is 0.606. The van der Waals surface area contributed by atoms with Gasteiger partial charge in [-0.05, 0) is 55.2 Å². The van der Waals surface area contributed by atoms with Crippen molar-refractivity contribution in [3.63, 3.8) is 0 Å². The molecule has 0 atom stereocenters. The van der Waals surface area contributed by atoms with Gasteiger partial charge in [-0.2, -0.15) is 0 Å². The normalized spacial score (nSPS) is 15.7. The van der Waals surface area contributed by atoms with Gasteiger partial charge in [0.05, 0.1) is 0 Å². The lowest BCUT2D eigenvalue weighted by atomic mass is 9.88. The van der Waals surface area contributed by atoms with Gasteiger partial charge < -0.3 is 0 Å². The highest BCUT2D eigenvalue weighted by molar-refractivity contribution is 5.38. The molecule has 0 saturated heterocycles. The fourth-order valence-electron chi connectivity index (χ4n) is 2.44. The third kappa shape index (κ3) is 1.56. The standard InChI is InChI=1S/C13H19N/c1-9(2)12-8-14-13-7-5-4-6-11(13)10(12)3/h8-9H,4-7H2,1-3H3. The van der Waals surface area contributed by atoms with E-state index in [-0.39, 0.29) is 0 Å². The van der Waals surface area contributed by atoms with Crippen LogP contribution in [0.1, 0.15) is 55.0 Å². The van der Waals surface area contributed by atoms with Crippen molar-refractivity contribution in [2.75, 3.05) is 0 Å². The molecule has 1 aromatic heterocycles. The Morgan fingerprint density at radius 2 is 1.93 bits per heavy atom. The Hall–Kier alpha value is -0.850. The summed E-state index contributed by atoms with van der Waals surface area (Å²) in [7, 11) is 0. The van der Waals surface area contributed by atoms with Gasteiger partial charge in [0.1, 0.15) is 0 Å². The van der Waals surface area contributed by atoms with Gasteiger partial charge in [0.2, 0.25) is 0 Å². The lowest BCUT2D eigenvalue weighted by Crippen LogP contribution is -2.10. The van der Waals surface area contributed by atoms with Crippen molar-refractivity contribution in [3.05, 3.63) is 28.6 Å². The summed E-state index contributed by atoms with van der Waals surface area (Å²) < 4.78 is 0. The van der Waals surface area contributed by atoms with Crippen molar-refractivity contribution in [1.29, 1.82) is 0 Å². The number of hydrogen-bond donors (Lipinski definition) is 0. The molecule has 1 aromatic rings. The summed E-state index contributed by atoms with van der Waals surface area (Å²) in [6.07, 6.45) is 7.19. The first kappa shape index (κ1) is 9.70. The average molecular weight is 189 g/mol. The summed E-state index contributed by atoms with van der Waals surface area (Å²) in [6.45, 7) is 6.76. The van der Waals surface area contributed by atoms with Gasteiger partial charge in [0.15, 0.2) is 0 Å². The predicted octanol–water partition coefficient (Wildman–Crippen LogP) is 3.39. The van der Waals surface area contributed by atoms with Crippen LogP contribution in [0, 0.1) is 6.92 Å². The second-order valence-corrected chi connectivity index (χ2v) is 4.63. The van der Waals surface area contributed by atoms with Gasteiger partial charge in [-0.3, -0.25) is 4.98 Å². The predicted molar refractivity (Wildman–Crippen MR) is 59.7 cm³/mol. The van der Waals surface area contributed by atoms with Crippen LogP contribution in [0.2, 0.25) is 0 Å². The summed E-state index contributed by atoms with van der Waals surface area (Å²) >= 11 is 0. The molecule has 1 heteroatoms. The Labute approximate surface area is 86.6 Å². The number of fused-ring (bicyclic) bond motifs is 1. The molecule has 14 heavy (non-hydrogen) atoms. The third-order valence-electron chi connectivity index (χ3n) is 3.31. The van der Waals surface area contributed by atoms with Crippen molar-refractivity contribution >= 4 is 0 Å². The van der Waals surface area contributed by atoms with Crippen molar-refractivity contribution in [1.82, 2.24) is 4.98 Å². The number of hydrogen-bond acceptors (Lipinski definition) is 1. The van der Waals surface area contributed by atoms with Crippen LogP contribution in [0.15, 0.2) is 6.20 Å². The van der Waals surface area contributed by atoms with Gasteiger partial charge in [-0.25, -0.2) is 0 Å². The molecule has 0 unspecified atom stereocenters. The molecular weight excluding hydrogens is 170 g/mol. The molecule has 2 rings (SSSR count). The number of aromatic nitrogens is 1. The molecule has 1 aliphatic rings. The molecule has 0 bridgehead atoms. The Balaban J connectivity index is 2.49. The van der Waals surface area contributed by atoms with Gasteiger partial charge in [0.25, 0.3) is 0 Å². The van der Waals surface area contributed by atoms with Gasteiger partial charge in [0, 0.05) is 11.9 Å². The van der Waals surface area contributed by atoms with E-state index in [2.05, 4.69) is 32.0 Å². The van der Waals surface area contributed by atoms with E-state index in [4.69, 9.17) is 0 Å². The highest BCUT2D eigenvalue weighted by Gasteiger charge is 2.15. The number of rotatable bonds is 1. The van der Waals surface area contributed by atoms with Crippen molar-refractivity contribution in [2.24, 2.45) is 0 Å². The highest BCUT2D eigenvalue weighted by Crippen LogP contribution is 2.27. The van der Waals surface area contributed by atoms with Crippen LogP contribution in [0.25, 0.3) is 0 Å². The van der Waals surface area contributed by atoms with Crippen LogP contribution in [-0.2, 0) is 12.8 Å². The second kappa shape index (κ2) is 3.72. The lowest BCUT2D eigenvalue weighted by molar-refractivity contribution is 0.658. The maximum absolute atomic E-state index is 4.60. The number of aryl methyl sites for hydroxylation is 1. The van der Waals surface area contributed by atoms with E-state index in [1.54, 1.807) is 5.56 Å². The fraction of sp³-hybridized carbons (Fsp3) is 0.615. The summed E-state index contributed by atoms with van der Waals surface area (Å²) in [5, 5.41) is 0. The van der Waals surface area contributed by atoms with Gasteiger partial charge in [-0.1, -0.05) is 13.8 Å². The Morgan fingerprint density at radius 3 is 2.64 bits per heavy atom. The molecule has 0 fully saturated rings. The second-order valence-electron chi connectivity index (χ2n) is 4.63. The fourth-order valence-corrected chi connectivity index (χ4v) is 2.44. The molecule has 0 amide bonds. The van der Waals surface area contributed by atoms with Crippen LogP contribution in [0.4, 0.5) is 0 Å². The quantitative estimate of drug-likeness (QED) is 0.660. The van der Waals surface area contributed by atoms with E-state index in [0.29, 0.717) is 5.92 Å². The first-order valence-electron chi connectivity index (χ1n) is 5.67. The molecule has 1 heterocycles. The van der Waals surface area contributed by atoms with Crippen LogP contribution >= 0.6 is 0 Å². The zero-order valence-corrected chi connectivity index (χ0v) is 9.43. The number of pyridine rings is 1. The minimum Gasteiger partial charge on any atom is -0.261 e.